The average molecular weight is 346 g/mol. The third kappa shape index (κ3) is 3.28. The van der Waals surface area contributed by atoms with Crippen LogP contribution in [0, 0.1) is 0 Å². The Morgan fingerprint density at radius 1 is 1.33 bits per heavy atom. The molecule has 2 aromatic rings. The standard InChI is InChI=1S/C11H10BrClN4S/c1-18-11-16-9(14)5-10(17-11)15-6-2-3-8(13)7(12)4-6/h2-5H,1H3,(H3,14,15,16,17). The molecule has 0 aliphatic rings. The van der Waals surface area contributed by atoms with Gasteiger partial charge in [0.2, 0.25) is 0 Å². The van der Waals surface area contributed by atoms with Crippen molar-refractivity contribution in [3.8, 4) is 0 Å². The molecule has 0 aliphatic heterocycles. The number of anilines is 3. The topological polar surface area (TPSA) is 63.8 Å². The van der Waals surface area contributed by atoms with E-state index in [0.717, 1.165) is 10.2 Å². The number of thioether (sulfide) groups is 1. The Labute approximate surface area is 122 Å². The summed E-state index contributed by atoms with van der Waals surface area (Å²) in [4.78, 5) is 8.40. The van der Waals surface area contributed by atoms with Crippen LogP contribution in [-0.4, -0.2) is 16.2 Å². The van der Waals surface area contributed by atoms with Crippen molar-refractivity contribution in [3.05, 3.63) is 33.8 Å². The van der Waals surface area contributed by atoms with Gasteiger partial charge in [0.05, 0.1) is 5.02 Å². The maximum Gasteiger partial charge on any atom is 0.191 e. The molecule has 7 heteroatoms. The second-order valence-electron chi connectivity index (χ2n) is 3.42. The molecule has 1 aromatic heterocycles. The van der Waals surface area contributed by atoms with Gasteiger partial charge in [0.25, 0.3) is 0 Å². The smallest absolute Gasteiger partial charge is 0.191 e. The lowest BCUT2D eigenvalue weighted by Crippen LogP contribution is -2.00. The van der Waals surface area contributed by atoms with E-state index < -0.39 is 0 Å². The van der Waals surface area contributed by atoms with Crippen LogP contribution < -0.4 is 11.1 Å². The maximum atomic E-state index is 5.93. The Bertz CT molecular complexity index is 579. The van der Waals surface area contributed by atoms with Crippen LogP contribution in [0.25, 0.3) is 0 Å². The molecule has 0 amide bonds. The van der Waals surface area contributed by atoms with Crippen LogP contribution in [0.15, 0.2) is 33.9 Å². The summed E-state index contributed by atoms with van der Waals surface area (Å²) in [5, 5.41) is 4.44. The Kier molecular flexibility index (Phi) is 4.31. The SMILES string of the molecule is CSc1nc(N)cc(Nc2ccc(Cl)c(Br)c2)n1. The van der Waals surface area contributed by atoms with Gasteiger partial charge in [0.1, 0.15) is 11.6 Å². The molecule has 3 N–H and O–H groups in total. The molecule has 2 rings (SSSR count). The minimum Gasteiger partial charge on any atom is -0.383 e. The second kappa shape index (κ2) is 5.77. The molecule has 0 saturated carbocycles. The van der Waals surface area contributed by atoms with E-state index in [-0.39, 0.29) is 0 Å². The fourth-order valence-electron chi connectivity index (χ4n) is 1.32. The van der Waals surface area contributed by atoms with Crippen molar-refractivity contribution in [2.24, 2.45) is 0 Å². The molecular formula is C11H10BrClN4S. The number of aromatic nitrogens is 2. The third-order valence-corrected chi connectivity index (χ3v) is 3.86. The van der Waals surface area contributed by atoms with Crippen molar-refractivity contribution >= 4 is 56.6 Å². The number of nitrogens with one attached hydrogen (secondary N) is 1. The van der Waals surface area contributed by atoms with Crippen molar-refractivity contribution in [2.45, 2.75) is 5.16 Å². The van der Waals surface area contributed by atoms with Crippen LogP contribution >= 0.6 is 39.3 Å². The molecule has 0 bridgehead atoms. The summed E-state index contributed by atoms with van der Waals surface area (Å²) in [6.07, 6.45) is 1.90. The first-order chi connectivity index (χ1) is 8.58. The molecule has 0 unspecified atom stereocenters. The van der Waals surface area contributed by atoms with Gasteiger partial charge in [-0.25, -0.2) is 9.97 Å². The van der Waals surface area contributed by atoms with E-state index in [1.807, 2.05) is 18.4 Å². The van der Waals surface area contributed by atoms with Crippen LogP contribution in [0.1, 0.15) is 0 Å². The summed E-state index contributed by atoms with van der Waals surface area (Å²) >= 11 is 10.7. The van der Waals surface area contributed by atoms with Crippen molar-refractivity contribution in [1.29, 1.82) is 0 Å². The largest absolute Gasteiger partial charge is 0.383 e. The first kappa shape index (κ1) is 13.5. The predicted octanol–water partition coefficient (Wildman–Crippen LogP) is 3.94. The van der Waals surface area contributed by atoms with Gasteiger partial charge in [-0.1, -0.05) is 23.4 Å². The van der Waals surface area contributed by atoms with Crippen LogP contribution in [0.4, 0.5) is 17.3 Å². The van der Waals surface area contributed by atoms with Crippen LogP contribution in [0.2, 0.25) is 5.02 Å². The quantitative estimate of drug-likeness (QED) is 0.651. The summed E-state index contributed by atoms with van der Waals surface area (Å²) in [6.45, 7) is 0. The van der Waals surface area contributed by atoms with Crippen LogP contribution in [-0.2, 0) is 0 Å². The number of hydrogen-bond acceptors (Lipinski definition) is 5. The molecule has 0 aliphatic carbocycles. The van der Waals surface area contributed by atoms with E-state index in [4.69, 9.17) is 17.3 Å². The molecule has 0 spiro atoms. The summed E-state index contributed by atoms with van der Waals surface area (Å²) in [7, 11) is 0. The minimum absolute atomic E-state index is 0.435. The number of nitrogen functional groups attached to an aromatic ring is 1. The minimum atomic E-state index is 0.435. The first-order valence-corrected chi connectivity index (χ1v) is 7.38. The van der Waals surface area contributed by atoms with E-state index in [2.05, 4.69) is 31.2 Å². The summed E-state index contributed by atoms with van der Waals surface area (Å²) < 4.78 is 0.821. The first-order valence-electron chi connectivity index (χ1n) is 4.99. The summed E-state index contributed by atoms with van der Waals surface area (Å²) in [5.74, 6) is 1.09. The van der Waals surface area contributed by atoms with E-state index >= 15 is 0 Å². The Hall–Kier alpha value is -0.980. The van der Waals surface area contributed by atoms with Crippen molar-refractivity contribution in [3.63, 3.8) is 0 Å². The highest BCUT2D eigenvalue weighted by Gasteiger charge is 2.04. The fraction of sp³-hybridized carbons (Fsp3) is 0.0909. The molecule has 18 heavy (non-hydrogen) atoms. The molecule has 0 saturated heterocycles. The van der Waals surface area contributed by atoms with Crippen LogP contribution in [0.3, 0.4) is 0 Å². The number of nitrogens with zero attached hydrogens (tertiary/aromatic N) is 2. The van der Waals surface area contributed by atoms with Gasteiger partial charge in [-0.3, -0.25) is 0 Å². The average Bonchev–Trinajstić information content (AvgIpc) is 2.33. The van der Waals surface area contributed by atoms with Gasteiger partial charge in [-0.2, -0.15) is 0 Å². The molecular weight excluding hydrogens is 336 g/mol. The lowest BCUT2D eigenvalue weighted by Gasteiger charge is -2.08. The molecule has 1 aromatic carbocycles. The molecule has 0 radical (unpaired) electrons. The number of halogens is 2. The van der Waals surface area contributed by atoms with Crippen molar-refractivity contribution in [1.82, 2.24) is 9.97 Å². The van der Waals surface area contributed by atoms with Gasteiger partial charge < -0.3 is 11.1 Å². The van der Waals surface area contributed by atoms with Crippen molar-refractivity contribution in [2.75, 3.05) is 17.3 Å². The maximum absolute atomic E-state index is 5.93. The van der Waals surface area contributed by atoms with Gasteiger partial charge in [0.15, 0.2) is 5.16 Å². The zero-order valence-electron chi connectivity index (χ0n) is 9.45. The molecule has 1 heterocycles. The number of nitrogens with two attached hydrogens (primary N) is 1. The monoisotopic (exact) mass is 344 g/mol. The molecule has 94 valence electrons. The highest BCUT2D eigenvalue weighted by molar-refractivity contribution is 9.10. The second-order valence-corrected chi connectivity index (χ2v) is 5.45. The normalized spacial score (nSPS) is 10.4. The van der Waals surface area contributed by atoms with E-state index in [0.29, 0.717) is 21.8 Å². The highest BCUT2D eigenvalue weighted by Crippen LogP contribution is 2.27. The Morgan fingerprint density at radius 3 is 2.78 bits per heavy atom. The van der Waals surface area contributed by atoms with Gasteiger partial charge in [-0.15, -0.1) is 0 Å². The predicted molar refractivity (Wildman–Crippen MR) is 80.7 cm³/mol. The number of rotatable bonds is 3. The van der Waals surface area contributed by atoms with Gasteiger partial charge in [-0.05, 0) is 40.4 Å². The zero-order valence-corrected chi connectivity index (χ0v) is 12.6. The number of hydrogen-bond donors (Lipinski definition) is 2. The third-order valence-electron chi connectivity index (χ3n) is 2.10. The Balaban J connectivity index is 2.27. The van der Waals surface area contributed by atoms with Gasteiger partial charge in [0, 0.05) is 16.2 Å². The van der Waals surface area contributed by atoms with Gasteiger partial charge >= 0.3 is 0 Å². The van der Waals surface area contributed by atoms with Crippen molar-refractivity contribution < 1.29 is 0 Å². The van der Waals surface area contributed by atoms with Crippen LogP contribution in [0.5, 0.6) is 0 Å². The van der Waals surface area contributed by atoms with E-state index in [9.17, 15) is 0 Å². The zero-order chi connectivity index (χ0) is 13.1. The van der Waals surface area contributed by atoms with E-state index in [1.54, 1.807) is 12.1 Å². The highest BCUT2D eigenvalue weighted by atomic mass is 79.9. The fourth-order valence-corrected chi connectivity index (χ4v) is 2.20. The lowest BCUT2D eigenvalue weighted by molar-refractivity contribution is 0.984. The number of benzene rings is 1. The van der Waals surface area contributed by atoms with E-state index in [1.165, 1.54) is 11.8 Å². The summed E-state index contributed by atoms with van der Waals surface area (Å²) in [5.41, 5.74) is 6.58. The lowest BCUT2D eigenvalue weighted by atomic mass is 10.3. The molecule has 4 nitrogen and oxygen atoms in total. The molecule has 0 atom stereocenters. The summed E-state index contributed by atoms with van der Waals surface area (Å²) in [6, 6.07) is 7.22. The molecule has 0 fully saturated rings. The Morgan fingerprint density at radius 2 is 2.11 bits per heavy atom.